The van der Waals surface area contributed by atoms with Crippen LogP contribution >= 0.6 is 31.5 Å². The lowest BCUT2D eigenvalue weighted by Crippen LogP contribution is -2.29. The van der Waals surface area contributed by atoms with E-state index in [9.17, 15) is 4.79 Å². The molecular weight excluding hydrogens is 349 g/mol. The van der Waals surface area contributed by atoms with Gasteiger partial charge in [0.15, 0.2) is 0 Å². The second kappa shape index (κ2) is 7.19. The van der Waals surface area contributed by atoms with Crippen molar-refractivity contribution in [2.24, 2.45) is 5.84 Å². The number of nitrogen functional groups attached to an aromatic ring is 1. The number of ether oxygens (including phenoxy) is 1. The van der Waals surface area contributed by atoms with Crippen LogP contribution in [-0.2, 0) is 0 Å². The van der Waals surface area contributed by atoms with Gasteiger partial charge in [-0.15, -0.1) is 22.4 Å². The molecule has 2 atom stereocenters. The molecule has 1 aromatic rings. The highest BCUT2D eigenvalue weighted by atomic mass is 127. The Kier molecular flexibility index (Phi) is 6.23. The fraction of sp³-hybridized carbons (Fsp3) is 0.300. The van der Waals surface area contributed by atoms with Crippen LogP contribution in [0.4, 0.5) is 0 Å². The molecule has 0 saturated carbocycles. The Hall–Kier alpha value is -0.325. The van der Waals surface area contributed by atoms with Crippen LogP contribution in [0.3, 0.4) is 0 Å². The number of carbonyl (C=O) groups is 1. The predicted molar refractivity (Wildman–Crippen MR) is 82.5 cm³/mol. The van der Waals surface area contributed by atoms with Gasteiger partial charge in [-0.2, -0.15) is 9.12 Å². The summed E-state index contributed by atoms with van der Waals surface area (Å²) in [4.78, 5) is 11.2. The molecule has 0 fully saturated rings. The minimum Gasteiger partial charge on any atom is -0.494 e. The first-order chi connectivity index (χ1) is 8.04. The van der Waals surface area contributed by atoms with Gasteiger partial charge in [0.05, 0.1) is 6.61 Å². The zero-order valence-corrected chi connectivity index (χ0v) is 12.8. The molecule has 7 heteroatoms. The van der Waals surface area contributed by atoms with Gasteiger partial charge in [0.25, 0.3) is 5.91 Å². The third-order valence-electron chi connectivity index (χ3n) is 2.30. The van der Waals surface area contributed by atoms with Crippen LogP contribution in [0, 0.1) is 0 Å². The van der Waals surface area contributed by atoms with E-state index in [-0.39, 0.29) is 5.91 Å². The Bertz CT molecular complexity index is 375. The van der Waals surface area contributed by atoms with Gasteiger partial charge in [-0.1, -0.05) is 6.92 Å². The van der Waals surface area contributed by atoms with Crippen molar-refractivity contribution >= 4 is 41.7 Å². The van der Waals surface area contributed by atoms with E-state index in [1.165, 1.54) is 0 Å². The van der Waals surface area contributed by atoms with E-state index >= 15 is 0 Å². The number of hydrogen-bond acceptors (Lipinski definition) is 3. The van der Waals surface area contributed by atoms with E-state index in [0.717, 1.165) is 5.75 Å². The van der Waals surface area contributed by atoms with Crippen LogP contribution in [0.15, 0.2) is 24.3 Å². The summed E-state index contributed by atoms with van der Waals surface area (Å²) >= 11 is 2.35. The molecule has 1 amide bonds. The molecule has 0 heterocycles. The van der Waals surface area contributed by atoms with Gasteiger partial charge in [0.1, 0.15) is 5.75 Å². The highest BCUT2D eigenvalue weighted by molar-refractivity contribution is 14.1. The van der Waals surface area contributed by atoms with E-state index in [1.807, 2.05) is 0 Å². The Labute approximate surface area is 117 Å². The highest BCUT2D eigenvalue weighted by Gasteiger charge is 2.13. The number of halogens is 1. The molecule has 0 aliphatic heterocycles. The minimum atomic E-state index is -0.304. The topological polar surface area (TPSA) is 64.3 Å². The van der Waals surface area contributed by atoms with Crippen molar-refractivity contribution in [2.45, 2.75) is 12.7 Å². The van der Waals surface area contributed by atoms with Gasteiger partial charge in [0.2, 0.25) is 4.29 Å². The number of carbonyl (C=O) groups excluding carboxylic acids is 1. The van der Waals surface area contributed by atoms with E-state index in [4.69, 9.17) is 10.6 Å². The molecule has 0 aliphatic rings. The molecule has 0 radical (unpaired) electrons. The molecule has 92 valence electrons. The maximum Gasteiger partial charge on any atom is 0.265 e. The lowest BCUT2D eigenvalue weighted by atomic mass is 9.88. The number of benzene rings is 1. The van der Waals surface area contributed by atoms with E-state index in [2.05, 4.69) is 43.8 Å². The summed E-state index contributed by atoms with van der Waals surface area (Å²) in [6.45, 7) is 2.78. The van der Waals surface area contributed by atoms with Gasteiger partial charge >= 0.3 is 0 Å². The Morgan fingerprint density at radius 3 is 2.65 bits per heavy atom. The van der Waals surface area contributed by atoms with Crippen molar-refractivity contribution in [3.05, 3.63) is 29.8 Å². The molecule has 3 N–H and O–H groups in total. The van der Waals surface area contributed by atoms with Crippen molar-refractivity contribution < 1.29 is 9.53 Å². The Morgan fingerprint density at radius 1 is 1.59 bits per heavy atom. The smallest absolute Gasteiger partial charge is 0.265 e. The standard InChI is InChI=1S/C10H15BIN2O2P/c1-7(11(12)17)6-16-9-4-2-8(3-5-9)10(15)14-13/h2-5,7H,6,13,17H2,1H3,(H,14,15). The van der Waals surface area contributed by atoms with Gasteiger partial charge < -0.3 is 4.74 Å². The third kappa shape index (κ3) is 4.81. The number of amides is 1. The van der Waals surface area contributed by atoms with E-state index in [0.29, 0.717) is 22.3 Å². The van der Waals surface area contributed by atoms with Gasteiger partial charge in [-0.05, 0) is 30.1 Å². The minimum absolute atomic E-state index is 0.304. The van der Waals surface area contributed by atoms with Gasteiger partial charge in [-0.25, -0.2) is 5.84 Å². The predicted octanol–water partition coefficient (Wildman–Crippen LogP) is 1.86. The number of nitrogens with one attached hydrogen (secondary N) is 1. The zero-order chi connectivity index (χ0) is 12.8. The summed E-state index contributed by atoms with van der Waals surface area (Å²) < 4.78 is 6.10. The normalized spacial score (nSPS) is 11.8. The molecule has 0 spiro atoms. The summed E-state index contributed by atoms with van der Waals surface area (Å²) in [6.07, 6.45) is 0. The van der Waals surface area contributed by atoms with Crippen molar-refractivity contribution in [1.29, 1.82) is 0 Å². The Morgan fingerprint density at radius 2 is 2.18 bits per heavy atom. The highest BCUT2D eigenvalue weighted by Crippen LogP contribution is 2.22. The van der Waals surface area contributed by atoms with Crippen LogP contribution in [0.2, 0.25) is 5.82 Å². The molecule has 0 aromatic heterocycles. The lowest BCUT2D eigenvalue weighted by Gasteiger charge is -2.13. The molecule has 0 aliphatic carbocycles. The quantitative estimate of drug-likeness (QED) is 0.209. The SMILES string of the molecule is CC(COc1ccc(C(=O)NN)cc1)B(P)I. The number of rotatable bonds is 5. The first-order valence-corrected chi connectivity index (χ1v) is 7.09. The number of hydrogen-bond donors (Lipinski definition) is 2. The molecule has 17 heavy (non-hydrogen) atoms. The van der Waals surface area contributed by atoms with Crippen LogP contribution in [0.5, 0.6) is 5.75 Å². The summed E-state index contributed by atoms with van der Waals surface area (Å²) in [7, 11) is 2.75. The molecule has 0 bridgehead atoms. The number of hydrazine groups is 1. The lowest BCUT2D eigenvalue weighted by molar-refractivity contribution is 0.0953. The first kappa shape index (κ1) is 14.7. The molecule has 1 aromatic carbocycles. The summed E-state index contributed by atoms with van der Waals surface area (Å²) in [5.74, 6) is 5.94. The summed E-state index contributed by atoms with van der Waals surface area (Å²) in [5, 5.41) is 0. The molecule has 1 rings (SSSR count). The second-order valence-electron chi connectivity index (χ2n) is 3.73. The summed E-state index contributed by atoms with van der Waals surface area (Å²) in [5.41, 5.74) is 2.60. The first-order valence-electron chi connectivity index (χ1n) is 5.18. The van der Waals surface area contributed by atoms with Gasteiger partial charge in [0, 0.05) is 5.56 Å². The van der Waals surface area contributed by atoms with Crippen molar-refractivity contribution in [3.8, 4) is 5.75 Å². The third-order valence-corrected chi connectivity index (χ3v) is 4.19. The fourth-order valence-electron chi connectivity index (χ4n) is 1.11. The van der Waals surface area contributed by atoms with E-state index in [1.54, 1.807) is 24.3 Å². The van der Waals surface area contributed by atoms with Crippen LogP contribution < -0.4 is 16.0 Å². The van der Waals surface area contributed by atoms with Crippen LogP contribution in [0.1, 0.15) is 17.3 Å². The Balaban J connectivity index is 2.54. The van der Waals surface area contributed by atoms with Crippen molar-refractivity contribution in [2.75, 3.05) is 6.61 Å². The molecule has 2 unspecified atom stereocenters. The molecular formula is C10H15BIN2O2P. The average molecular weight is 364 g/mol. The van der Waals surface area contributed by atoms with Gasteiger partial charge in [-0.3, -0.25) is 10.2 Å². The largest absolute Gasteiger partial charge is 0.494 e. The van der Waals surface area contributed by atoms with Crippen molar-refractivity contribution in [3.63, 3.8) is 0 Å². The zero-order valence-electron chi connectivity index (χ0n) is 9.52. The van der Waals surface area contributed by atoms with Crippen LogP contribution in [0.25, 0.3) is 0 Å². The fourth-order valence-corrected chi connectivity index (χ4v) is 1.42. The average Bonchev–Trinajstić information content (AvgIpc) is 2.35. The monoisotopic (exact) mass is 364 g/mol. The van der Waals surface area contributed by atoms with E-state index < -0.39 is 0 Å². The maximum absolute atomic E-state index is 11.2. The van der Waals surface area contributed by atoms with Crippen molar-refractivity contribution in [1.82, 2.24) is 5.43 Å². The van der Waals surface area contributed by atoms with Crippen LogP contribution in [-0.4, -0.2) is 16.8 Å². The second-order valence-corrected chi connectivity index (χ2v) is 7.24. The number of nitrogens with two attached hydrogens (primary N) is 1. The molecule has 0 saturated heterocycles. The maximum atomic E-state index is 11.2. The molecule has 4 nitrogen and oxygen atoms in total. The summed E-state index contributed by atoms with van der Waals surface area (Å²) in [6, 6.07) is 6.90.